The molecule has 2 aromatic carbocycles. The second-order valence-corrected chi connectivity index (χ2v) is 8.75. The number of hydrogen-bond acceptors (Lipinski definition) is 7. The van der Waals surface area contributed by atoms with Gasteiger partial charge < -0.3 is 20.4 Å². The molecule has 8 nitrogen and oxygen atoms in total. The molecule has 2 aromatic heterocycles. The lowest BCUT2D eigenvalue weighted by atomic mass is 10.2. The van der Waals surface area contributed by atoms with Crippen LogP contribution in [0.5, 0.6) is 0 Å². The summed E-state index contributed by atoms with van der Waals surface area (Å²) >= 11 is 0. The summed E-state index contributed by atoms with van der Waals surface area (Å²) in [4.78, 5) is 18.8. The monoisotopic (exact) mass is 442 g/mol. The van der Waals surface area contributed by atoms with E-state index in [0.717, 1.165) is 54.7 Å². The number of benzene rings is 2. The van der Waals surface area contributed by atoms with Crippen LogP contribution in [0, 0.1) is 0 Å². The fourth-order valence-electron chi connectivity index (χ4n) is 4.13. The number of rotatable bonds is 6. The van der Waals surface area contributed by atoms with Crippen molar-refractivity contribution in [1.82, 2.24) is 24.4 Å². The molecule has 0 bridgehead atoms. The molecule has 1 aliphatic rings. The highest BCUT2D eigenvalue weighted by Crippen LogP contribution is 2.27. The Morgan fingerprint density at radius 3 is 2.21 bits per heavy atom. The summed E-state index contributed by atoms with van der Waals surface area (Å²) in [6.45, 7) is 8.56. The lowest BCUT2D eigenvalue weighted by molar-refractivity contribution is 0.313. The zero-order valence-electron chi connectivity index (χ0n) is 19.4. The van der Waals surface area contributed by atoms with Crippen molar-refractivity contribution in [2.24, 2.45) is 0 Å². The maximum absolute atomic E-state index is 4.80. The molecule has 0 amide bonds. The van der Waals surface area contributed by atoms with E-state index in [-0.39, 0.29) is 6.04 Å². The van der Waals surface area contributed by atoms with Gasteiger partial charge in [-0.05, 0) is 57.3 Å². The van der Waals surface area contributed by atoms with E-state index in [1.54, 1.807) is 6.20 Å². The van der Waals surface area contributed by atoms with Gasteiger partial charge in [0.05, 0.1) is 6.20 Å². The van der Waals surface area contributed by atoms with Crippen molar-refractivity contribution in [2.45, 2.75) is 19.9 Å². The molecule has 0 atom stereocenters. The summed E-state index contributed by atoms with van der Waals surface area (Å²) in [6, 6.07) is 18.7. The zero-order chi connectivity index (χ0) is 22.8. The second kappa shape index (κ2) is 9.07. The molecule has 0 unspecified atom stereocenters. The average molecular weight is 443 g/mol. The molecule has 0 aliphatic carbocycles. The van der Waals surface area contributed by atoms with Crippen molar-refractivity contribution in [3.05, 3.63) is 60.8 Å². The van der Waals surface area contributed by atoms with Gasteiger partial charge >= 0.3 is 0 Å². The van der Waals surface area contributed by atoms with Crippen molar-refractivity contribution in [2.75, 3.05) is 48.8 Å². The number of piperazine rings is 1. The van der Waals surface area contributed by atoms with Gasteiger partial charge in [-0.1, -0.05) is 18.2 Å². The number of likely N-dealkylation sites (N-methyl/N-ethyl adjacent to an activating group) is 1. The molecule has 3 heterocycles. The van der Waals surface area contributed by atoms with Gasteiger partial charge in [-0.25, -0.2) is 9.97 Å². The molecule has 5 rings (SSSR count). The van der Waals surface area contributed by atoms with Crippen LogP contribution in [0.15, 0.2) is 60.8 Å². The first-order valence-corrected chi connectivity index (χ1v) is 11.4. The Kier molecular flexibility index (Phi) is 5.83. The first-order chi connectivity index (χ1) is 16.1. The first-order valence-electron chi connectivity index (χ1n) is 11.4. The lowest BCUT2D eigenvalue weighted by Gasteiger charge is -2.34. The Balaban J connectivity index is 1.37. The molecule has 0 radical (unpaired) electrons. The molecular weight excluding hydrogens is 412 g/mol. The highest BCUT2D eigenvalue weighted by atomic mass is 15.3. The number of anilines is 5. The number of hydrogen-bond donors (Lipinski definition) is 2. The van der Waals surface area contributed by atoms with Crippen LogP contribution in [0.1, 0.15) is 19.9 Å². The van der Waals surface area contributed by atoms with E-state index < -0.39 is 0 Å². The number of nitrogens with one attached hydrogen (secondary N) is 2. The molecule has 4 aromatic rings. The smallest absolute Gasteiger partial charge is 0.229 e. The third-order valence-electron chi connectivity index (χ3n) is 5.97. The number of imidazole rings is 1. The van der Waals surface area contributed by atoms with Crippen LogP contribution in [0.2, 0.25) is 0 Å². The van der Waals surface area contributed by atoms with Gasteiger partial charge in [-0.15, -0.1) is 0 Å². The van der Waals surface area contributed by atoms with E-state index in [0.29, 0.717) is 5.95 Å². The van der Waals surface area contributed by atoms with Crippen LogP contribution >= 0.6 is 0 Å². The van der Waals surface area contributed by atoms with Gasteiger partial charge in [-0.3, -0.25) is 4.57 Å². The third kappa shape index (κ3) is 4.61. The van der Waals surface area contributed by atoms with Crippen LogP contribution in [-0.2, 0) is 0 Å². The Hall–Kier alpha value is -3.65. The molecular formula is C25H30N8. The van der Waals surface area contributed by atoms with Gasteiger partial charge in [0.2, 0.25) is 11.9 Å². The Bertz CT molecular complexity index is 1210. The topological polar surface area (TPSA) is 74.1 Å². The van der Waals surface area contributed by atoms with Crippen molar-refractivity contribution in [3.63, 3.8) is 0 Å². The summed E-state index contributed by atoms with van der Waals surface area (Å²) in [5, 5.41) is 6.76. The van der Waals surface area contributed by atoms with Crippen LogP contribution in [0.3, 0.4) is 0 Å². The SMILES string of the molecule is CC(C)n1c(Nc2ccccc2)nc2cnc(Nc3ccc(N4CCN(C)CC4)cc3)nc21. The number of aromatic nitrogens is 4. The van der Waals surface area contributed by atoms with Gasteiger partial charge in [-0.2, -0.15) is 4.98 Å². The van der Waals surface area contributed by atoms with E-state index in [1.807, 2.05) is 30.3 Å². The van der Waals surface area contributed by atoms with Crippen molar-refractivity contribution in [3.8, 4) is 0 Å². The highest BCUT2D eigenvalue weighted by molar-refractivity contribution is 5.77. The van der Waals surface area contributed by atoms with Gasteiger partial charge in [0, 0.05) is 49.3 Å². The minimum absolute atomic E-state index is 0.187. The Morgan fingerprint density at radius 1 is 0.818 bits per heavy atom. The maximum atomic E-state index is 4.80. The standard InChI is InChI=1S/C25H30N8/c1-18(2)33-23-22(29-25(33)28-19-7-5-4-6-8-19)17-26-24(30-23)27-20-9-11-21(12-10-20)32-15-13-31(3)14-16-32/h4-12,17-18H,13-16H2,1-3H3,(H,28,29)(H,26,27,30). The molecule has 1 aliphatic heterocycles. The predicted molar refractivity (Wildman–Crippen MR) is 135 cm³/mol. The average Bonchev–Trinajstić information content (AvgIpc) is 3.18. The fraction of sp³-hybridized carbons (Fsp3) is 0.320. The van der Waals surface area contributed by atoms with E-state index in [4.69, 9.17) is 9.97 Å². The van der Waals surface area contributed by atoms with Crippen molar-refractivity contribution < 1.29 is 0 Å². The van der Waals surface area contributed by atoms with E-state index >= 15 is 0 Å². The number of para-hydroxylation sites is 1. The lowest BCUT2D eigenvalue weighted by Crippen LogP contribution is -2.44. The van der Waals surface area contributed by atoms with Gasteiger partial charge in [0.1, 0.15) is 5.52 Å². The Morgan fingerprint density at radius 2 is 1.52 bits per heavy atom. The highest BCUT2D eigenvalue weighted by Gasteiger charge is 2.17. The van der Waals surface area contributed by atoms with Crippen LogP contribution in [-0.4, -0.2) is 57.6 Å². The second-order valence-electron chi connectivity index (χ2n) is 8.75. The number of nitrogens with zero attached hydrogens (tertiary/aromatic N) is 6. The number of fused-ring (bicyclic) bond motifs is 1. The molecule has 33 heavy (non-hydrogen) atoms. The van der Waals surface area contributed by atoms with E-state index in [2.05, 4.69) is 75.1 Å². The third-order valence-corrected chi connectivity index (χ3v) is 5.97. The molecule has 2 N–H and O–H groups in total. The molecule has 0 spiro atoms. The van der Waals surface area contributed by atoms with Crippen LogP contribution in [0.25, 0.3) is 11.2 Å². The van der Waals surface area contributed by atoms with E-state index in [9.17, 15) is 0 Å². The van der Waals surface area contributed by atoms with Crippen molar-refractivity contribution in [1.29, 1.82) is 0 Å². The summed E-state index contributed by atoms with van der Waals surface area (Å²) in [5.41, 5.74) is 4.76. The fourth-order valence-corrected chi connectivity index (χ4v) is 4.13. The summed E-state index contributed by atoms with van der Waals surface area (Å²) in [7, 11) is 2.17. The normalized spacial score (nSPS) is 14.7. The first kappa shape index (κ1) is 21.2. The minimum atomic E-state index is 0.187. The molecule has 1 fully saturated rings. The molecule has 8 heteroatoms. The van der Waals surface area contributed by atoms with Crippen LogP contribution < -0.4 is 15.5 Å². The summed E-state index contributed by atoms with van der Waals surface area (Å²) < 4.78 is 2.10. The summed E-state index contributed by atoms with van der Waals surface area (Å²) in [6.07, 6.45) is 1.78. The predicted octanol–water partition coefficient (Wildman–Crippen LogP) is 4.65. The van der Waals surface area contributed by atoms with Crippen molar-refractivity contribution >= 4 is 40.1 Å². The van der Waals surface area contributed by atoms with Crippen LogP contribution in [0.4, 0.5) is 29.0 Å². The Labute approximate surface area is 194 Å². The summed E-state index contributed by atoms with van der Waals surface area (Å²) in [5.74, 6) is 1.32. The molecule has 0 saturated carbocycles. The zero-order valence-corrected chi connectivity index (χ0v) is 19.4. The molecule has 170 valence electrons. The van der Waals surface area contributed by atoms with E-state index in [1.165, 1.54) is 5.69 Å². The molecule has 1 saturated heterocycles. The quantitative estimate of drug-likeness (QED) is 0.450. The van der Waals surface area contributed by atoms with Gasteiger partial charge in [0.25, 0.3) is 0 Å². The maximum Gasteiger partial charge on any atom is 0.229 e. The van der Waals surface area contributed by atoms with Gasteiger partial charge in [0.15, 0.2) is 5.65 Å². The minimum Gasteiger partial charge on any atom is -0.369 e. The largest absolute Gasteiger partial charge is 0.369 e.